The second kappa shape index (κ2) is 7.87. The second-order valence-electron chi connectivity index (χ2n) is 7.24. The maximum Gasteiger partial charge on any atom is 0.425 e. The highest BCUT2D eigenvalue weighted by molar-refractivity contribution is 5.95. The van der Waals surface area contributed by atoms with E-state index in [1.807, 2.05) is 0 Å². The number of nitrogens with one attached hydrogen (secondary N) is 1. The lowest BCUT2D eigenvalue weighted by Crippen LogP contribution is -2.46. The summed E-state index contributed by atoms with van der Waals surface area (Å²) >= 11 is 0. The van der Waals surface area contributed by atoms with Gasteiger partial charge in [-0.25, -0.2) is 4.39 Å². The van der Waals surface area contributed by atoms with Crippen molar-refractivity contribution in [2.75, 3.05) is 13.2 Å². The van der Waals surface area contributed by atoms with Crippen LogP contribution in [0.2, 0.25) is 0 Å². The van der Waals surface area contributed by atoms with E-state index < -0.39 is 54.1 Å². The van der Waals surface area contributed by atoms with Gasteiger partial charge in [0.25, 0.3) is 5.91 Å². The van der Waals surface area contributed by atoms with Gasteiger partial charge in [0, 0.05) is 19.2 Å². The zero-order chi connectivity index (χ0) is 23.0. The van der Waals surface area contributed by atoms with Crippen molar-refractivity contribution < 1.29 is 41.1 Å². The van der Waals surface area contributed by atoms with Crippen molar-refractivity contribution in [1.82, 2.24) is 20.4 Å². The lowest BCUT2D eigenvalue weighted by atomic mass is 9.94. The molecular formula is C18H18F4N4O5. The monoisotopic (exact) mass is 446 g/mol. The first-order valence-electron chi connectivity index (χ1n) is 8.98. The van der Waals surface area contributed by atoms with Crippen LogP contribution in [0.15, 0.2) is 16.8 Å². The minimum Gasteiger partial charge on any atom is -0.481 e. The number of rotatable bonds is 7. The predicted octanol–water partition coefficient (Wildman–Crippen LogP) is 2.14. The van der Waals surface area contributed by atoms with E-state index in [0.717, 1.165) is 19.2 Å². The van der Waals surface area contributed by atoms with Crippen LogP contribution in [0, 0.1) is 6.92 Å². The molecule has 1 fully saturated rings. The predicted molar refractivity (Wildman–Crippen MR) is 93.9 cm³/mol. The Hall–Kier alpha value is -3.09. The minimum absolute atomic E-state index is 0.138. The van der Waals surface area contributed by atoms with Gasteiger partial charge in [-0.2, -0.15) is 18.2 Å². The number of aryl methyl sites for hydroxylation is 1. The molecule has 0 bridgehead atoms. The second-order valence-corrected chi connectivity index (χ2v) is 7.24. The fourth-order valence-corrected chi connectivity index (χ4v) is 2.64. The van der Waals surface area contributed by atoms with E-state index in [-0.39, 0.29) is 17.3 Å². The Balaban J connectivity index is 1.92. The van der Waals surface area contributed by atoms with Gasteiger partial charge in [-0.05, 0) is 13.8 Å². The molecule has 1 amide bonds. The lowest BCUT2D eigenvalue weighted by molar-refractivity contribution is -0.190. The normalized spacial score (nSPS) is 18.4. The van der Waals surface area contributed by atoms with Crippen LogP contribution in [-0.4, -0.2) is 52.8 Å². The van der Waals surface area contributed by atoms with Crippen molar-refractivity contribution in [3.63, 3.8) is 0 Å². The Morgan fingerprint density at radius 2 is 2.06 bits per heavy atom. The van der Waals surface area contributed by atoms with Gasteiger partial charge < -0.3 is 24.1 Å². The molecule has 2 aromatic rings. The average Bonchev–Trinajstić information content (AvgIpc) is 3.12. The average molecular weight is 446 g/mol. The molecule has 2 atom stereocenters. The van der Waals surface area contributed by atoms with E-state index in [9.17, 15) is 27.2 Å². The Labute approximate surface area is 173 Å². The quantitative estimate of drug-likeness (QED) is 0.508. The Morgan fingerprint density at radius 3 is 2.55 bits per heavy atom. The van der Waals surface area contributed by atoms with Crippen molar-refractivity contribution in [3.05, 3.63) is 35.2 Å². The summed E-state index contributed by atoms with van der Waals surface area (Å²) in [6, 6.07) is 0.874. The largest absolute Gasteiger partial charge is 0.481 e. The van der Waals surface area contributed by atoms with E-state index in [4.69, 9.17) is 14.0 Å². The standard InChI is InChI=1S/C18H18F4N4O5/c1-9(18(20,21)22)30-13-4-12(23-5-11(13)17(19)7-29-8-17)14(28)25-16(3,6-27)15-24-10(2)31-26-15/h4-6,9H,7-8H2,1-3H3,(H,25,28)/t9-,16?/m0/s1. The molecule has 13 heteroatoms. The van der Waals surface area contributed by atoms with Crippen LogP contribution in [-0.2, 0) is 20.7 Å². The van der Waals surface area contributed by atoms with Crippen LogP contribution < -0.4 is 10.1 Å². The molecule has 0 saturated carbocycles. The number of amides is 1. The molecule has 1 N–H and O–H groups in total. The fraction of sp³-hybridized carbons (Fsp3) is 0.500. The van der Waals surface area contributed by atoms with Crippen LogP contribution in [0.1, 0.15) is 41.6 Å². The molecule has 1 aliphatic heterocycles. The zero-order valence-corrected chi connectivity index (χ0v) is 16.6. The number of aromatic nitrogens is 3. The van der Waals surface area contributed by atoms with Gasteiger partial charge in [0.1, 0.15) is 11.4 Å². The zero-order valence-electron chi connectivity index (χ0n) is 16.6. The molecule has 1 unspecified atom stereocenters. The van der Waals surface area contributed by atoms with Crippen molar-refractivity contribution in [1.29, 1.82) is 0 Å². The van der Waals surface area contributed by atoms with E-state index in [1.165, 1.54) is 13.8 Å². The van der Waals surface area contributed by atoms with Crippen LogP contribution >= 0.6 is 0 Å². The highest BCUT2D eigenvalue weighted by atomic mass is 19.4. The molecule has 0 spiro atoms. The van der Waals surface area contributed by atoms with E-state index >= 15 is 0 Å². The van der Waals surface area contributed by atoms with Crippen molar-refractivity contribution in [2.45, 2.75) is 44.3 Å². The molecule has 1 aliphatic rings. The van der Waals surface area contributed by atoms with Crippen molar-refractivity contribution in [2.24, 2.45) is 0 Å². The van der Waals surface area contributed by atoms with Gasteiger partial charge in [0.2, 0.25) is 11.7 Å². The highest BCUT2D eigenvalue weighted by Gasteiger charge is 2.45. The maximum absolute atomic E-state index is 14.8. The van der Waals surface area contributed by atoms with Crippen LogP contribution in [0.3, 0.4) is 0 Å². The summed E-state index contributed by atoms with van der Waals surface area (Å²) in [4.78, 5) is 32.0. The molecule has 0 aromatic carbocycles. The minimum atomic E-state index is -4.73. The first kappa shape index (κ1) is 22.6. The number of nitrogens with zero attached hydrogens (tertiary/aromatic N) is 3. The number of carbonyl (C=O) groups is 2. The fourth-order valence-electron chi connectivity index (χ4n) is 2.64. The summed E-state index contributed by atoms with van der Waals surface area (Å²) in [6.07, 6.45) is -5.74. The molecule has 0 aliphatic carbocycles. The molecule has 3 heterocycles. The Bertz CT molecular complexity index is 992. The van der Waals surface area contributed by atoms with Crippen LogP contribution in [0.25, 0.3) is 0 Å². The number of aldehydes is 1. The van der Waals surface area contributed by atoms with Gasteiger partial charge in [0.05, 0.1) is 18.8 Å². The number of alkyl halides is 4. The van der Waals surface area contributed by atoms with Crippen molar-refractivity contribution >= 4 is 12.2 Å². The summed E-state index contributed by atoms with van der Waals surface area (Å²) in [7, 11) is 0. The first-order valence-corrected chi connectivity index (χ1v) is 8.98. The Kier molecular flexibility index (Phi) is 5.74. The lowest BCUT2D eigenvalue weighted by Gasteiger charge is -2.35. The van der Waals surface area contributed by atoms with Gasteiger partial charge in [0.15, 0.2) is 23.6 Å². The number of hydrogen-bond acceptors (Lipinski definition) is 8. The van der Waals surface area contributed by atoms with E-state index in [0.29, 0.717) is 6.29 Å². The number of hydrogen-bond donors (Lipinski definition) is 1. The van der Waals surface area contributed by atoms with Crippen LogP contribution in [0.5, 0.6) is 5.75 Å². The summed E-state index contributed by atoms with van der Waals surface area (Å²) in [5, 5.41) is 5.92. The van der Waals surface area contributed by atoms with Gasteiger partial charge >= 0.3 is 6.18 Å². The molecule has 2 aromatic heterocycles. The molecule has 0 radical (unpaired) electrons. The molecule has 168 valence electrons. The van der Waals surface area contributed by atoms with Gasteiger partial charge in [-0.15, -0.1) is 0 Å². The number of halogens is 4. The summed E-state index contributed by atoms with van der Waals surface area (Å²) in [5.74, 6) is -1.46. The molecule has 1 saturated heterocycles. The third-order valence-electron chi connectivity index (χ3n) is 4.61. The third-order valence-corrected chi connectivity index (χ3v) is 4.61. The number of pyridine rings is 1. The summed E-state index contributed by atoms with van der Waals surface area (Å²) in [5.41, 5.74) is -4.50. The molecule has 9 nitrogen and oxygen atoms in total. The van der Waals surface area contributed by atoms with Crippen molar-refractivity contribution in [3.8, 4) is 5.75 Å². The molecule has 3 rings (SSSR count). The van der Waals surface area contributed by atoms with E-state index in [2.05, 4.69) is 20.4 Å². The number of ether oxygens (including phenoxy) is 2. The third kappa shape index (κ3) is 4.50. The Morgan fingerprint density at radius 1 is 1.39 bits per heavy atom. The highest BCUT2D eigenvalue weighted by Crippen LogP contribution is 2.40. The smallest absolute Gasteiger partial charge is 0.425 e. The summed E-state index contributed by atoms with van der Waals surface area (Å²) in [6.45, 7) is 2.73. The summed E-state index contributed by atoms with van der Waals surface area (Å²) < 4.78 is 68.3. The van der Waals surface area contributed by atoms with E-state index in [1.54, 1.807) is 0 Å². The molecule has 31 heavy (non-hydrogen) atoms. The molecular weight excluding hydrogens is 428 g/mol. The first-order chi connectivity index (χ1) is 14.4. The number of carbonyl (C=O) groups excluding carboxylic acids is 2. The maximum atomic E-state index is 14.8. The van der Waals surface area contributed by atoms with Gasteiger partial charge in [-0.3, -0.25) is 9.78 Å². The van der Waals surface area contributed by atoms with Gasteiger partial charge in [-0.1, -0.05) is 5.16 Å². The van der Waals surface area contributed by atoms with Crippen LogP contribution in [0.4, 0.5) is 17.6 Å². The topological polar surface area (TPSA) is 116 Å². The SMILES string of the molecule is Cc1nc(C(C)(C=O)NC(=O)c2cc(O[C@@H](C)C(F)(F)F)c(C3(F)COC3)cn2)no1.